The summed E-state index contributed by atoms with van der Waals surface area (Å²) < 4.78 is 0. The smallest absolute Gasteiger partial charge is 0.248 e. The predicted molar refractivity (Wildman–Crippen MR) is 129 cm³/mol. The highest BCUT2D eigenvalue weighted by Crippen LogP contribution is 2.37. The number of carbonyl (C=O) groups excluding carboxylic acids is 2. The van der Waals surface area contributed by atoms with E-state index in [9.17, 15) is 19.8 Å². The number of likely N-dealkylation sites (tertiary alicyclic amines) is 1. The Morgan fingerprint density at radius 2 is 1.88 bits per heavy atom. The summed E-state index contributed by atoms with van der Waals surface area (Å²) in [4.78, 5) is 34.9. The van der Waals surface area contributed by atoms with Crippen molar-refractivity contribution in [1.29, 1.82) is 0 Å². The first kappa shape index (κ1) is 25.4. The molecule has 9 heteroatoms. The molecule has 1 aliphatic carbocycles. The second-order valence-corrected chi connectivity index (χ2v) is 10.4. The van der Waals surface area contributed by atoms with Crippen molar-refractivity contribution in [2.24, 2.45) is 5.92 Å². The lowest BCUT2D eigenvalue weighted by Gasteiger charge is -2.53. The number of nitrogens with zero attached hydrogens (tertiary/aromatic N) is 3. The summed E-state index contributed by atoms with van der Waals surface area (Å²) in [5.74, 6) is -0.289. The van der Waals surface area contributed by atoms with Gasteiger partial charge in [0, 0.05) is 31.4 Å². The minimum atomic E-state index is -0.941. The van der Waals surface area contributed by atoms with Gasteiger partial charge < -0.3 is 20.4 Å². The van der Waals surface area contributed by atoms with Gasteiger partial charge in [0.1, 0.15) is 23.0 Å². The summed E-state index contributed by atoms with van der Waals surface area (Å²) >= 11 is 5.86. The molecule has 2 saturated heterocycles. The highest BCUT2D eigenvalue weighted by Gasteiger charge is 2.55. The zero-order valence-corrected chi connectivity index (χ0v) is 20.7. The minimum Gasteiger partial charge on any atom is -0.390 e. The second-order valence-electron chi connectivity index (χ2n) is 10.0. The molecule has 0 bridgehead atoms. The van der Waals surface area contributed by atoms with Crippen LogP contribution in [0.5, 0.6) is 0 Å². The second kappa shape index (κ2) is 10.9. The Bertz CT molecular complexity index is 853. The molecule has 4 rings (SSSR count). The van der Waals surface area contributed by atoms with E-state index in [1.54, 1.807) is 23.2 Å². The normalized spacial score (nSPS) is 25.9. The lowest BCUT2D eigenvalue weighted by atomic mass is 9.77. The average Bonchev–Trinajstić information content (AvgIpc) is 2.87. The van der Waals surface area contributed by atoms with Crippen LogP contribution >= 0.6 is 11.6 Å². The van der Waals surface area contributed by atoms with Crippen molar-refractivity contribution >= 4 is 23.4 Å². The number of aliphatic hydroxyl groups is 2. The predicted octanol–water partition coefficient (Wildman–Crippen LogP) is 2.63. The van der Waals surface area contributed by atoms with E-state index < -0.39 is 23.9 Å². The van der Waals surface area contributed by atoms with Crippen molar-refractivity contribution in [2.75, 3.05) is 19.6 Å². The lowest BCUT2D eigenvalue weighted by Crippen LogP contribution is -2.75. The van der Waals surface area contributed by atoms with Gasteiger partial charge >= 0.3 is 0 Å². The van der Waals surface area contributed by atoms with Gasteiger partial charge in [-0.2, -0.15) is 0 Å². The molecule has 2 aliphatic heterocycles. The number of pyridine rings is 1. The number of amides is 2. The number of rotatable bonds is 7. The molecule has 0 aromatic carbocycles. The molecule has 3 fully saturated rings. The number of carbonyl (C=O) groups is 2. The van der Waals surface area contributed by atoms with Gasteiger partial charge in [0.05, 0.1) is 6.10 Å². The van der Waals surface area contributed by atoms with Crippen LogP contribution in [0.4, 0.5) is 0 Å². The number of halogens is 1. The third-order valence-corrected chi connectivity index (χ3v) is 8.21. The number of hydrogen-bond acceptors (Lipinski definition) is 6. The highest BCUT2D eigenvalue weighted by molar-refractivity contribution is 6.29. The number of aliphatic hydroxyl groups excluding tert-OH is 2. The summed E-state index contributed by atoms with van der Waals surface area (Å²) in [5, 5.41) is 25.2. The maximum absolute atomic E-state index is 13.7. The van der Waals surface area contributed by atoms with E-state index in [0.29, 0.717) is 43.2 Å². The van der Waals surface area contributed by atoms with Crippen LogP contribution in [0.3, 0.4) is 0 Å². The lowest BCUT2D eigenvalue weighted by molar-refractivity contribution is -0.167. The zero-order chi connectivity index (χ0) is 24.3. The van der Waals surface area contributed by atoms with Crippen molar-refractivity contribution in [1.82, 2.24) is 20.1 Å². The number of hydrogen-bond donors (Lipinski definition) is 3. The molecular weight excluding hydrogens is 456 g/mol. The van der Waals surface area contributed by atoms with E-state index in [2.05, 4.69) is 17.2 Å². The molecular formula is C25H37ClN4O4. The van der Waals surface area contributed by atoms with Gasteiger partial charge in [0.15, 0.2) is 0 Å². The van der Waals surface area contributed by atoms with Crippen LogP contribution < -0.4 is 5.32 Å². The molecule has 3 N–H and O–H groups in total. The average molecular weight is 493 g/mol. The Morgan fingerprint density at radius 1 is 1.18 bits per heavy atom. The van der Waals surface area contributed by atoms with Gasteiger partial charge in [-0.3, -0.25) is 14.5 Å². The van der Waals surface area contributed by atoms with E-state index in [1.165, 1.54) is 0 Å². The first-order valence-corrected chi connectivity index (χ1v) is 13.1. The first-order chi connectivity index (χ1) is 16.4. The van der Waals surface area contributed by atoms with Crippen molar-refractivity contribution in [3.63, 3.8) is 0 Å². The van der Waals surface area contributed by atoms with Crippen molar-refractivity contribution in [2.45, 2.75) is 88.6 Å². The molecule has 34 heavy (non-hydrogen) atoms. The van der Waals surface area contributed by atoms with E-state index in [0.717, 1.165) is 44.9 Å². The van der Waals surface area contributed by atoms with Gasteiger partial charge in [-0.05, 0) is 44.1 Å². The standard InChI is InChI=1S/C25H37ClN4O4/c1-2-3-13-30-23(33)20(21(31)17-7-5-4-6-8-17)28-24(34)25(30)11-14-29(15-12-25)22(32)18-9-10-19(26)27-16-18/h9-10,16-17,20-22,31-32H,2-8,11-15H2,1H3,(H,28,34)/t20-,21-,22?/m1/s1. The summed E-state index contributed by atoms with van der Waals surface area (Å²) in [6.07, 6.45) is 7.49. The van der Waals surface area contributed by atoms with Crippen LogP contribution in [0.15, 0.2) is 18.3 Å². The van der Waals surface area contributed by atoms with Gasteiger partial charge in [0.25, 0.3) is 0 Å². The summed E-state index contributed by atoms with van der Waals surface area (Å²) in [6.45, 7) is 3.49. The Morgan fingerprint density at radius 3 is 2.50 bits per heavy atom. The van der Waals surface area contributed by atoms with Crippen LogP contribution in [0.2, 0.25) is 5.15 Å². The molecule has 1 spiro atoms. The van der Waals surface area contributed by atoms with Gasteiger partial charge in [-0.1, -0.05) is 50.3 Å². The molecule has 8 nitrogen and oxygen atoms in total. The van der Waals surface area contributed by atoms with Crippen LogP contribution in [-0.2, 0) is 9.59 Å². The molecule has 0 radical (unpaired) electrons. The Labute approximate surface area is 206 Å². The Kier molecular flexibility index (Phi) is 8.12. The van der Waals surface area contributed by atoms with E-state index in [4.69, 9.17) is 11.6 Å². The maximum Gasteiger partial charge on any atom is 0.248 e. The first-order valence-electron chi connectivity index (χ1n) is 12.7. The quantitative estimate of drug-likeness (QED) is 0.505. The van der Waals surface area contributed by atoms with Crippen LogP contribution in [-0.4, -0.2) is 74.1 Å². The fraction of sp³-hybridized carbons (Fsp3) is 0.720. The minimum absolute atomic E-state index is 0.0510. The maximum atomic E-state index is 13.7. The molecule has 3 aliphatic rings. The van der Waals surface area contributed by atoms with Gasteiger partial charge in [-0.25, -0.2) is 4.98 Å². The molecule has 2 amide bonds. The molecule has 3 heterocycles. The molecule has 1 saturated carbocycles. The molecule has 1 aromatic rings. The molecule has 188 valence electrons. The van der Waals surface area contributed by atoms with Gasteiger partial charge in [-0.15, -0.1) is 0 Å². The Balaban J connectivity index is 1.49. The highest BCUT2D eigenvalue weighted by atomic mass is 35.5. The molecule has 1 aromatic heterocycles. The monoisotopic (exact) mass is 492 g/mol. The number of piperazine rings is 1. The van der Waals surface area contributed by atoms with Crippen LogP contribution in [0, 0.1) is 5.92 Å². The van der Waals surface area contributed by atoms with E-state index in [-0.39, 0.29) is 17.7 Å². The summed E-state index contributed by atoms with van der Waals surface area (Å²) in [7, 11) is 0. The topological polar surface area (TPSA) is 106 Å². The van der Waals surface area contributed by atoms with Crippen LogP contribution in [0.1, 0.15) is 76.5 Å². The van der Waals surface area contributed by atoms with Crippen molar-refractivity contribution < 1.29 is 19.8 Å². The number of aromatic nitrogens is 1. The number of nitrogens with one attached hydrogen (secondary N) is 1. The van der Waals surface area contributed by atoms with Crippen molar-refractivity contribution in [3.05, 3.63) is 29.0 Å². The Hall–Kier alpha value is -1.74. The third-order valence-electron chi connectivity index (χ3n) is 7.99. The largest absolute Gasteiger partial charge is 0.390 e. The number of unbranched alkanes of at least 4 members (excludes halogenated alkanes) is 1. The SMILES string of the molecule is CCCCN1C(=O)[C@@H]([C@H](O)C2CCCCC2)NC(=O)C12CCN(C(O)c1ccc(Cl)nc1)CC2. The fourth-order valence-electron chi connectivity index (χ4n) is 5.84. The van der Waals surface area contributed by atoms with Gasteiger partial charge in [0.2, 0.25) is 11.8 Å². The summed E-state index contributed by atoms with van der Waals surface area (Å²) in [5.41, 5.74) is -0.299. The third kappa shape index (κ3) is 4.96. The van der Waals surface area contributed by atoms with E-state index in [1.807, 2.05) is 4.90 Å². The number of piperidine rings is 1. The fourth-order valence-corrected chi connectivity index (χ4v) is 5.96. The molecule has 3 atom stereocenters. The van der Waals surface area contributed by atoms with Crippen molar-refractivity contribution in [3.8, 4) is 0 Å². The van der Waals surface area contributed by atoms with Crippen LogP contribution in [0.25, 0.3) is 0 Å². The summed E-state index contributed by atoms with van der Waals surface area (Å²) in [6, 6.07) is 2.51. The zero-order valence-electron chi connectivity index (χ0n) is 20.0. The van der Waals surface area contributed by atoms with E-state index >= 15 is 0 Å². The molecule has 1 unspecified atom stereocenters.